The molecule has 0 aromatic heterocycles. The van der Waals surface area contributed by atoms with Crippen molar-refractivity contribution in [3.05, 3.63) is 35.4 Å². The van der Waals surface area contributed by atoms with Gasteiger partial charge in [-0.05, 0) is 122 Å². The van der Waals surface area contributed by atoms with Crippen molar-refractivity contribution in [2.24, 2.45) is 58.2 Å². The van der Waals surface area contributed by atoms with Crippen molar-refractivity contribution in [1.29, 1.82) is 0 Å². The molecule has 4 fully saturated rings. The molecule has 4 aliphatic rings. The Morgan fingerprint density at radius 2 is 1.68 bits per heavy atom. The van der Waals surface area contributed by atoms with Gasteiger partial charge in [-0.2, -0.15) is 0 Å². The second-order valence-corrected chi connectivity index (χ2v) is 14.6. The van der Waals surface area contributed by atoms with Crippen molar-refractivity contribution in [3.8, 4) is 0 Å². The van der Waals surface area contributed by atoms with Crippen LogP contribution in [-0.2, 0) is 4.79 Å². The van der Waals surface area contributed by atoms with Gasteiger partial charge in [-0.25, -0.2) is 4.79 Å². The number of hydrogen-bond donors (Lipinski definition) is 3. The number of nitrogens with one attached hydrogen (secondary N) is 1. The molecule has 0 spiro atoms. The van der Waals surface area contributed by atoms with Crippen LogP contribution in [0.3, 0.4) is 0 Å². The summed E-state index contributed by atoms with van der Waals surface area (Å²) >= 11 is 0. The van der Waals surface area contributed by atoms with Crippen molar-refractivity contribution in [2.75, 3.05) is 0 Å². The number of hydrogen-bond acceptors (Lipinski definition) is 3. The van der Waals surface area contributed by atoms with E-state index in [0.29, 0.717) is 47.3 Å². The van der Waals surface area contributed by atoms with E-state index in [2.05, 4.69) is 39.9 Å². The summed E-state index contributed by atoms with van der Waals surface area (Å²) in [5, 5.41) is 22.1. The molecule has 1 aromatic rings. The van der Waals surface area contributed by atoms with Gasteiger partial charge in [-0.1, -0.05) is 46.8 Å². The van der Waals surface area contributed by atoms with Gasteiger partial charge in [0, 0.05) is 12.5 Å². The van der Waals surface area contributed by atoms with Gasteiger partial charge < -0.3 is 15.5 Å². The first-order valence-corrected chi connectivity index (χ1v) is 15.7. The number of carboxylic acid groups (broad SMARTS) is 2. The zero-order chi connectivity index (χ0) is 29.0. The molecule has 6 nitrogen and oxygen atoms in total. The van der Waals surface area contributed by atoms with E-state index in [4.69, 9.17) is 0 Å². The molecule has 4 aliphatic carbocycles. The number of rotatable bonds is 7. The topological polar surface area (TPSA) is 104 Å². The second-order valence-electron chi connectivity index (χ2n) is 14.6. The fourth-order valence-electron chi connectivity index (χ4n) is 10.8. The third-order valence-electron chi connectivity index (χ3n) is 12.9. The number of fused-ring (bicyclic) bond motifs is 5. The average Bonchev–Trinajstić information content (AvgIpc) is 3.27. The normalized spacial score (nSPS) is 41.2. The molecule has 1 amide bonds. The Kier molecular flexibility index (Phi) is 7.86. The molecule has 6 heteroatoms. The van der Waals surface area contributed by atoms with Crippen molar-refractivity contribution >= 4 is 17.8 Å². The third kappa shape index (κ3) is 4.77. The lowest BCUT2D eigenvalue weighted by Gasteiger charge is -2.65. The molecular formula is C34H49NO5. The molecule has 3 N–H and O–H groups in total. The Bertz CT molecular complexity index is 1150. The Morgan fingerprint density at radius 1 is 0.975 bits per heavy atom. The predicted molar refractivity (Wildman–Crippen MR) is 155 cm³/mol. The van der Waals surface area contributed by atoms with Crippen LogP contribution in [0.2, 0.25) is 0 Å². The molecule has 220 valence electrons. The van der Waals surface area contributed by atoms with E-state index in [1.54, 1.807) is 18.2 Å². The molecule has 0 radical (unpaired) electrons. The van der Waals surface area contributed by atoms with Gasteiger partial charge in [0.2, 0.25) is 0 Å². The summed E-state index contributed by atoms with van der Waals surface area (Å²) in [4.78, 5) is 36.1. The molecule has 0 saturated heterocycles. The minimum Gasteiger partial charge on any atom is -0.481 e. The zero-order valence-electron chi connectivity index (χ0n) is 25.0. The van der Waals surface area contributed by atoms with Gasteiger partial charge in [-0.3, -0.25) is 9.59 Å². The Hall–Kier alpha value is -2.37. The Labute approximate surface area is 239 Å². The summed E-state index contributed by atoms with van der Waals surface area (Å²) in [6.07, 6.45) is 9.01. The molecule has 5 rings (SSSR count). The van der Waals surface area contributed by atoms with Gasteiger partial charge in [0.15, 0.2) is 0 Å². The highest BCUT2D eigenvalue weighted by atomic mass is 16.4. The number of benzene rings is 1. The van der Waals surface area contributed by atoms with Crippen LogP contribution < -0.4 is 5.32 Å². The molecule has 0 bridgehead atoms. The van der Waals surface area contributed by atoms with E-state index in [1.807, 2.05) is 0 Å². The van der Waals surface area contributed by atoms with Crippen LogP contribution in [0, 0.1) is 58.2 Å². The molecule has 0 heterocycles. The van der Waals surface area contributed by atoms with E-state index in [9.17, 15) is 24.6 Å². The summed E-state index contributed by atoms with van der Waals surface area (Å²) in [5.41, 5.74) is 0.842. The van der Waals surface area contributed by atoms with Gasteiger partial charge >= 0.3 is 11.9 Å². The van der Waals surface area contributed by atoms with Crippen LogP contribution >= 0.6 is 0 Å². The monoisotopic (exact) mass is 551 g/mol. The molecular weight excluding hydrogens is 502 g/mol. The SMILES string of the molecule is CC1CC2CC(NC(=O)c3ccccc3C(=O)O)CCC2(C)C2CC(C)C3(C)C(C(C)CCC(=O)O)CCC3C12. The zero-order valence-corrected chi connectivity index (χ0v) is 25.0. The number of carbonyl (C=O) groups is 3. The maximum atomic E-state index is 13.1. The van der Waals surface area contributed by atoms with E-state index < -0.39 is 11.9 Å². The lowest BCUT2D eigenvalue weighted by Crippen LogP contribution is -2.59. The smallest absolute Gasteiger partial charge is 0.336 e. The molecule has 4 saturated carbocycles. The first-order valence-electron chi connectivity index (χ1n) is 15.7. The third-order valence-corrected chi connectivity index (χ3v) is 12.9. The summed E-state index contributed by atoms with van der Waals surface area (Å²) in [6.45, 7) is 12.3. The molecule has 11 unspecified atom stereocenters. The maximum Gasteiger partial charge on any atom is 0.336 e. The highest BCUT2D eigenvalue weighted by molar-refractivity contribution is 6.04. The number of carboxylic acids is 2. The maximum absolute atomic E-state index is 13.1. The molecule has 1 aromatic carbocycles. The predicted octanol–water partition coefficient (Wildman–Crippen LogP) is 7.14. The number of amides is 1. The van der Waals surface area contributed by atoms with E-state index in [-0.39, 0.29) is 40.3 Å². The van der Waals surface area contributed by atoms with E-state index >= 15 is 0 Å². The van der Waals surface area contributed by atoms with Gasteiger partial charge in [0.25, 0.3) is 5.91 Å². The van der Waals surface area contributed by atoms with E-state index in [0.717, 1.165) is 25.7 Å². The molecule has 40 heavy (non-hydrogen) atoms. The van der Waals surface area contributed by atoms with Crippen molar-refractivity contribution in [3.63, 3.8) is 0 Å². The quantitative estimate of drug-likeness (QED) is 0.334. The molecule has 0 aliphatic heterocycles. The number of aromatic carboxylic acids is 1. The fourth-order valence-corrected chi connectivity index (χ4v) is 10.8. The fraction of sp³-hybridized carbons (Fsp3) is 0.735. The minimum atomic E-state index is -1.07. The van der Waals surface area contributed by atoms with Gasteiger partial charge in [0.1, 0.15) is 0 Å². The summed E-state index contributed by atoms with van der Waals surface area (Å²) < 4.78 is 0. The van der Waals surface area contributed by atoms with Crippen LogP contribution in [0.4, 0.5) is 0 Å². The van der Waals surface area contributed by atoms with Crippen LogP contribution in [0.15, 0.2) is 24.3 Å². The van der Waals surface area contributed by atoms with Crippen LogP contribution in [0.1, 0.15) is 113 Å². The highest BCUT2D eigenvalue weighted by Gasteiger charge is 2.64. The highest BCUT2D eigenvalue weighted by Crippen LogP contribution is 2.71. The van der Waals surface area contributed by atoms with E-state index in [1.165, 1.54) is 31.7 Å². The lowest BCUT2D eigenvalue weighted by atomic mass is 9.40. The van der Waals surface area contributed by atoms with Crippen LogP contribution in [-0.4, -0.2) is 34.1 Å². The van der Waals surface area contributed by atoms with Crippen molar-refractivity contribution < 1.29 is 24.6 Å². The first kappa shape index (κ1) is 29.1. The Morgan fingerprint density at radius 3 is 2.35 bits per heavy atom. The number of aliphatic carboxylic acids is 1. The Balaban J connectivity index is 1.31. The summed E-state index contributed by atoms with van der Waals surface area (Å²) in [5.74, 6) is 2.93. The minimum absolute atomic E-state index is 0.0566. The summed E-state index contributed by atoms with van der Waals surface area (Å²) in [6, 6.07) is 6.56. The molecule has 11 atom stereocenters. The summed E-state index contributed by atoms with van der Waals surface area (Å²) in [7, 11) is 0. The van der Waals surface area contributed by atoms with Crippen LogP contribution in [0.25, 0.3) is 0 Å². The van der Waals surface area contributed by atoms with Crippen LogP contribution in [0.5, 0.6) is 0 Å². The average molecular weight is 552 g/mol. The van der Waals surface area contributed by atoms with Gasteiger partial charge in [-0.15, -0.1) is 0 Å². The first-order chi connectivity index (χ1) is 18.9. The van der Waals surface area contributed by atoms with Crippen molar-refractivity contribution in [1.82, 2.24) is 5.32 Å². The van der Waals surface area contributed by atoms with Crippen molar-refractivity contribution in [2.45, 2.75) is 98.4 Å². The lowest BCUT2D eigenvalue weighted by molar-refractivity contribution is -0.161. The largest absolute Gasteiger partial charge is 0.481 e. The second kappa shape index (κ2) is 10.8. The van der Waals surface area contributed by atoms with Gasteiger partial charge in [0.05, 0.1) is 11.1 Å². The standard InChI is InChI=1S/C34H49NO5/c1-19(10-13-29(36)37)26-11-12-27-30-20(2)16-22-18-23(35-31(38)24-8-6-7-9-25(24)32(39)40)14-15-33(22,4)28(30)17-21(3)34(26,27)5/h6-9,19-23,26-28,30H,10-18H2,1-5H3,(H,35,38)(H,36,37)(H,39,40). The number of carbonyl (C=O) groups excluding carboxylic acids is 1.